The van der Waals surface area contributed by atoms with Gasteiger partial charge in [-0.1, -0.05) is 0 Å². The van der Waals surface area contributed by atoms with Gasteiger partial charge in [-0.05, 0) is 0 Å². The third-order valence-corrected chi connectivity index (χ3v) is 3.44. The van der Waals surface area contributed by atoms with Crippen molar-refractivity contribution in [2.75, 3.05) is 13.1 Å². The Balaban J connectivity index is 2.61. The predicted octanol–water partition coefficient (Wildman–Crippen LogP) is 2.18. The van der Waals surface area contributed by atoms with Crippen LogP contribution in [0.5, 0.6) is 0 Å². The van der Waals surface area contributed by atoms with E-state index >= 15 is 0 Å². The van der Waals surface area contributed by atoms with Gasteiger partial charge in [0.1, 0.15) is 0 Å². The van der Waals surface area contributed by atoms with Crippen molar-refractivity contribution in [3.63, 3.8) is 0 Å². The average molecular weight is 268 g/mol. The van der Waals surface area contributed by atoms with Crippen molar-refractivity contribution in [3.05, 3.63) is 35.4 Å². The van der Waals surface area contributed by atoms with Gasteiger partial charge in [0.2, 0.25) is 0 Å². The predicted molar refractivity (Wildman–Crippen MR) is 68.6 cm³/mol. The topological polar surface area (TPSA) is 3.24 Å². The van der Waals surface area contributed by atoms with Crippen molar-refractivity contribution in [2.45, 2.75) is 27.2 Å². The van der Waals surface area contributed by atoms with E-state index in [0.29, 0.717) is 0 Å². The third kappa shape index (κ3) is 3.81. The van der Waals surface area contributed by atoms with E-state index in [-0.39, 0.29) is 0 Å². The first kappa shape index (κ1) is 12.5. The van der Waals surface area contributed by atoms with Gasteiger partial charge in [-0.25, -0.2) is 0 Å². The molecule has 0 unspecified atom stereocenters. The molecule has 0 spiro atoms. The Morgan fingerprint density at radius 1 is 1.13 bits per heavy atom. The van der Waals surface area contributed by atoms with E-state index in [1.807, 2.05) is 0 Å². The summed E-state index contributed by atoms with van der Waals surface area (Å²) in [4.78, 5) is 2.36. The molecule has 0 amide bonds. The fraction of sp³-hybridized carbons (Fsp3) is 0.462. The molecule has 0 radical (unpaired) electrons. The number of rotatable bonds is 5. The second-order valence-corrected chi connectivity index (χ2v) is 4.72. The van der Waals surface area contributed by atoms with Gasteiger partial charge in [-0.3, -0.25) is 0 Å². The Bertz CT molecular complexity index is 312. The zero-order valence-corrected chi connectivity index (χ0v) is 11.5. The van der Waals surface area contributed by atoms with Crippen LogP contribution in [0.4, 0.5) is 0 Å². The molecule has 0 fully saturated rings. The first-order valence-corrected chi connectivity index (χ1v) is 6.36. The fourth-order valence-corrected chi connectivity index (χ4v) is 2.46. The van der Waals surface area contributed by atoms with E-state index in [2.05, 4.69) is 65.5 Å². The number of hydrogen-bond donors (Lipinski definition) is 0. The molecule has 15 heavy (non-hydrogen) atoms. The monoisotopic (exact) mass is 269 g/mol. The minimum absolute atomic E-state index is 1.02. The van der Waals surface area contributed by atoms with Crippen LogP contribution in [-0.4, -0.2) is 38.1 Å². The SMILES string of the molecule is CCN(CC)C(=[Se])Cc1ccc(C)cc1. The first-order valence-electron chi connectivity index (χ1n) is 5.50. The molecular formula is C13H19NSe. The van der Waals surface area contributed by atoms with E-state index in [1.165, 1.54) is 15.7 Å². The summed E-state index contributed by atoms with van der Waals surface area (Å²) in [5, 5.41) is 0. The summed E-state index contributed by atoms with van der Waals surface area (Å²) in [6.07, 6.45) is 1.02. The van der Waals surface area contributed by atoms with Crippen molar-refractivity contribution >= 4 is 20.1 Å². The average Bonchev–Trinajstić information content (AvgIpc) is 2.23. The van der Waals surface area contributed by atoms with Gasteiger partial charge in [0.05, 0.1) is 0 Å². The van der Waals surface area contributed by atoms with E-state index in [0.717, 1.165) is 19.5 Å². The van der Waals surface area contributed by atoms with Crippen LogP contribution in [0.15, 0.2) is 24.3 Å². The Hall–Kier alpha value is -0.591. The molecule has 1 aromatic carbocycles. The summed E-state index contributed by atoms with van der Waals surface area (Å²) in [7, 11) is 0. The molecule has 0 heterocycles. The molecule has 0 aliphatic carbocycles. The van der Waals surface area contributed by atoms with Crippen LogP contribution >= 0.6 is 0 Å². The molecule has 0 atom stereocenters. The quantitative estimate of drug-likeness (QED) is 0.740. The van der Waals surface area contributed by atoms with E-state index < -0.39 is 0 Å². The molecule has 0 bridgehead atoms. The van der Waals surface area contributed by atoms with E-state index in [4.69, 9.17) is 0 Å². The number of hydrogen-bond acceptors (Lipinski definition) is 1. The van der Waals surface area contributed by atoms with Crippen LogP contribution in [0, 0.1) is 6.92 Å². The normalized spacial score (nSPS) is 10.1. The Morgan fingerprint density at radius 2 is 1.67 bits per heavy atom. The molecule has 1 nitrogen and oxygen atoms in total. The van der Waals surface area contributed by atoms with Crippen LogP contribution in [-0.2, 0) is 6.42 Å². The maximum absolute atomic E-state index is 3.18. The summed E-state index contributed by atoms with van der Waals surface area (Å²) >= 11 is 3.18. The number of likely N-dealkylation sites (N-methyl/N-ethyl adjacent to an activating group) is 1. The van der Waals surface area contributed by atoms with E-state index in [1.54, 1.807) is 0 Å². The molecule has 82 valence electrons. The fourth-order valence-electron chi connectivity index (χ4n) is 1.57. The zero-order chi connectivity index (χ0) is 11.3. The van der Waals surface area contributed by atoms with Gasteiger partial charge in [-0.15, -0.1) is 0 Å². The van der Waals surface area contributed by atoms with Crippen LogP contribution in [0.1, 0.15) is 25.0 Å². The molecule has 2 heteroatoms. The Morgan fingerprint density at radius 3 is 2.13 bits per heavy atom. The van der Waals surface area contributed by atoms with Gasteiger partial charge < -0.3 is 0 Å². The van der Waals surface area contributed by atoms with Gasteiger partial charge in [0.25, 0.3) is 0 Å². The molecule has 1 rings (SSSR count). The van der Waals surface area contributed by atoms with Crippen LogP contribution in [0.25, 0.3) is 0 Å². The van der Waals surface area contributed by atoms with E-state index in [9.17, 15) is 0 Å². The molecule has 0 saturated heterocycles. The van der Waals surface area contributed by atoms with Crippen LogP contribution < -0.4 is 0 Å². The van der Waals surface area contributed by atoms with Gasteiger partial charge in [0, 0.05) is 0 Å². The summed E-state index contributed by atoms with van der Waals surface area (Å²) in [5.41, 5.74) is 2.70. The molecule has 0 aliphatic rings. The summed E-state index contributed by atoms with van der Waals surface area (Å²) in [6.45, 7) is 8.65. The molecular weight excluding hydrogens is 249 g/mol. The van der Waals surface area contributed by atoms with Crippen molar-refractivity contribution in [3.8, 4) is 0 Å². The molecule has 0 aromatic heterocycles. The van der Waals surface area contributed by atoms with Crippen molar-refractivity contribution in [1.29, 1.82) is 0 Å². The van der Waals surface area contributed by atoms with Gasteiger partial charge in [0.15, 0.2) is 0 Å². The van der Waals surface area contributed by atoms with Crippen LogP contribution in [0.2, 0.25) is 0 Å². The van der Waals surface area contributed by atoms with Crippen molar-refractivity contribution in [1.82, 2.24) is 4.90 Å². The summed E-state index contributed by atoms with van der Waals surface area (Å²) in [5.74, 6) is 0. The summed E-state index contributed by atoms with van der Waals surface area (Å²) in [6, 6.07) is 8.75. The van der Waals surface area contributed by atoms with Gasteiger partial charge >= 0.3 is 101 Å². The number of nitrogens with zero attached hydrogens (tertiary/aromatic N) is 1. The summed E-state index contributed by atoms with van der Waals surface area (Å²) < 4.78 is 1.34. The Kier molecular flexibility index (Phi) is 5.07. The third-order valence-electron chi connectivity index (χ3n) is 2.59. The molecule has 1 aromatic rings. The van der Waals surface area contributed by atoms with Crippen LogP contribution in [0.3, 0.4) is 0 Å². The Labute approximate surface area is 101 Å². The minimum atomic E-state index is 1.02. The number of aryl methyl sites for hydroxylation is 1. The first-order chi connectivity index (χ1) is 7.17. The maximum atomic E-state index is 3.18. The second kappa shape index (κ2) is 6.09. The van der Waals surface area contributed by atoms with Crippen molar-refractivity contribution in [2.24, 2.45) is 0 Å². The van der Waals surface area contributed by atoms with Crippen molar-refractivity contribution < 1.29 is 0 Å². The van der Waals surface area contributed by atoms with Gasteiger partial charge in [-0.2, -0.15) is 0 Å². The molecule has 0 aliphatic heterocycles. The molecule has 0 saturated carbocycles. The standard InChI is InChI=1S/C13H19NSe/c1-4-14(5-2)13(15)10-12-8-6-11(3)7-9-12/h6-9H,4-5,10H2,1-3H3. The molecule has 0 N–H and O–H groups in total. The number of benzene rings is 1. The zero-order valence-electron chi connectivity index (χ0n) is 9.79. The second-order valence-electron chi connectivity index (χ2n) is 3.73.